The van der Waals surface area contributed by atoms with Crippen molar-refractivity contribution in [3.05, 3.63) is 76.0 Å². The van der Waals surface area contributed by atoms with E-state index in [1.165, 1.54) is 40.3 Å². The Bertz CT molecular complexity index is 1080. The lowest BCUT2D eigenvalue weighted by atomic mass is 9.99. The molecule has 0 aliphatic heterocycles. The third kappa shape index (κ3) is 3.95. The van der Waals surface area contributed by atoms with Crippen molar-refractivity contribution in [2.45, 2.75) is 30.6 Å². The lowest BCUT2D eigenvalue weighted by molar-refractivity contribution is 0.103. The van der Waals surface area contributed by atoms with Crippen LogP contribution in [0.1, 0.15) is 33.0 Å². The molecule has 0 saturated carbocycles. The Morgan fingerprint density at radius 2 is 1.57 bits per heavy atom. The molecule has 0 saturated heterocycles. The Hall–Kier alpha value is -2.64. The van der Waals surface area contributed by atoms with E-state index in [2.05, 4.69) is 10.0 Å². The fraction of sp³-hybridized carbons (Fsp3) is 0.190. The molecular formula is C21H20N2O3S2. The van der Waals surface area contributed by atoms with Crippen LogP contribution in [0.15, 0.2) is 65.6 Å². The first kappa shape index (κ1) is 18.7. The number of thiophene rings is 1. The maximum Gasteiger partial charge on any atom is 0.265 e. The Kier molecular flexibility index (Phi) is 5.19. The van der Waals surface area contributed by atoms with Gasteiger partial charge in [0.25, 0.3) is 15.9 Å². The van der Waals surface area contributed by atoms with E-state index < -0.39 is 10.0 Å². The van der Waals surface area contributed by atoms with Gasteiger partial charge in [-0.2, -0.15) is 0 Å². The zero-order valence-corrected chi connectivity index (χ0v) is 16.8. The van der Waals surface area contributed by atoms with Crippen molar-refractivity contribution in [3.8, 4) is 0 Å². The average Bonchev–Trinajstić information content (AvgIpc) is 3.14. The molecule has 2 aromatic carbocycles. The largest absolute Gasteiger partial charge is 0.319 e. The molecular weight excluding hydrogens is 392 g/mol. The SMILES string of the molecule is O=C(Nc1ccccc1NS(=O)(=O)c1ccccc1)c1cc2c(s1)CCCC2. The molecule has 0 fully saturated rings. The van der Waals surface area contributed by atoms with E-state index in [-0.39, 0.29) is 10.8 Å². The lowest BCUT2D eigenvalue weighted by Crippen LogP contribution is -2.16. The van der Waals surface area contributed by atoms with Crippen LogP contribution in [0, 0.1) is 0 Å². The van der Waals surface area contributed by atoms with E-state index in [9.17, 15) is 13.2 Å². The van der Waals surface area contributed by atoms with Gasteiger partial charge in [0.1, 0.15) is 0 Å². The molecule has 0 unspecified atom stereocenters. The molecule has 3 aromatic rings. The van der Waals surface area contributed by atoms with Gasteiger partial charge < -0.3 is 5.32 Å². The van der Waals surface area contributed by atoms with Gasteiger partial charge in [-0.15, -0.1) is 11.3 Å². The summed E-state index contributed by atoms with van der Waals surface area (Å²) in [6, 6.07) is 16.9. The topological polar surface area (TPSA) is 75.3 Å². The molecule has 1 aromatic heterocycles. The summed E-state index contributed by atoms with van der Waals surface area (Å²) < 4.78 is 27.8. The number of hydrogen-bond acceptors (Lipinski definition) is 4. The van der Waals surface area contributed by atoms with Crippen molar-refractivity contribution in [3.63, 3.8) is 0 Å². The van der Waals surface area contributed by atoms with E-state index in [1.54, 1.807) is 42.5 Å². The van der Waals surface area contributed by atoms with Crippen molar-refractivity contribution < 1.29 is 13.2 Å². The van der Waals surface area contributed by atoms with Crippen LogP contribution in [0.2, 0.25) is 0 Å². The molecule has 1 aliphatic carbocycles. The molecule has 5 nitrogen and oxygen atoms in total. The number of sulfonamides is 1. The Balaban J connectivity index is 1.56. The van der Waals surface area contributed by atoms with Gasteiger partial charge in [0.15, 0.2) is 0 Å². The summed E-state index contributed by atoms with van der Waals surface area (Å²) in [4.78, 5) is 14.9. The highest BCUT2D eigenvalue weighted by atomic mass is 32.2. The quantitative estimate of drug-likeness (QED) is 0.639. The van der Waals surface area contributed by atoms with Crippen LogP contribution in [0.5, 0.6) is 0 Å². The first-order valence-electron chi connectivity index (χ1n) is 9.13. The van der Waals surface area contributed by atoms with E-state index in [1.807, 2.05) is 6.07 Å². The number of rotatable bonds is 5. The van der Waals surface area contributed by atoms with Gasteiger partial charge in [-0.3, -0.25) is 9.52 Å². The molecule has 0 bridgehead atoms. The summed E-state index contributed by atoms with van der Waals surface area (Å²) in [7, 11) is -3.74. The van der Waals surface area contributed by atoms with E-state index in [0.29, 0.717) is 16.3 Å². The number of amides is 1. The fourth-order valence-corrected chi connectivity index (χ4v) is 5.52. The first-order valence-corrected chi connectivity index (χ1v) is 11.4. The van der Waals surface area contributed by atoms with E-state index in [0.717, 1.165) is 19.3 Å². The molecule has 0 radical (unpaired) electrons. The molecule has 0 atom stereocenters. The number of aryl methyl sites for hydroxylation is 2. The summed E-state index contributed by atoms with van der Waals surface area (Å²) in [5.41, 5.74) is 2.03. The minimum atomic E-state index is -3.74. The number of para-hydroxylation sites is 2. The smallest absolute Gasteiger partial charge is 0.265 e. The fourth-order valence-electron chi connectivity index (χ4n) is 3.27. The predicted molar refractivity (Wildman–Crippen MR) is 113 cm³/mol. The van der Waals surface area contributed by atoms with Crippen molar-refractivity contribution in [2.75, 3.05) is 10.0 Å². The zero-order valence-electron chi connectivity index (χ0n) is 15.1. The van der Waals surface area contributed by atoms with Crippen LogP contribution in [-0.4, -0.2) is 14.3 Å². The summed E-state index contributed by atoms with van der Waals surface area (Å²) in [5, 5.41) is 2.85. The summed E-state index contributed by atoms with van der Waals surface area (Å²) in [5.74, 6) is -0.217. The van der Waals surface area contributed by atoms with Crippen LogP contribution >= 0.6 is 11.3 Å². The van der Waals surface area contributed by atoms with Gasteiger partial charge in [0, 0.05) is 4.88 Å². The third-order valence-corrected chi connectivity index (χ3v) is 7.31. The Morgan fingerprint density at radius 3 is 2.32 bits per heavy atom. The monoisotopic (exact) mass is 412 g/mol. The Labute approximate surface area is 168 Å². The summed E-state index contributed by atoms with van der Waals surface area (Å²) in [6.45, 7) is 0. The molecule has 0 spiro atoms. The second-order valence-corrected chi connectivity index (χ2v) is 9.50. The van der Waals surface area contributed by atoms with Crippen molar-refractivity contribution >= 4 is 38.6 Å². The van der Waals surface area contributed by atoms with Crippen molar-refractivity contribution in [2.24, 2.45) is 0 Å². The number of anilines is 2. The molecule has 4 rings (SSSR count). The molecule has 2 N–H and O–H groups in total. The lowest BCUT2D eigenvalue weighted by Gasteiger charge is -2.13. The van der Waals surface area contributed by atoms with Gasteiger partial charge in [-0.25, -0.2) is 8.42 Å². The second kappa shape index (κ2) is 7.77. The highest BCUT2D eigenvalue weighted by molar-refractivity contribution is 7.92. The molecule has 7 heteroatoms. The molecule has 28 heavy (non-hydrogen) atoms. The Morgan fingerprint density at radius 1 is 0.893 bits per heavy atom. The van der Waals surface area contributed by atoms with Crippen molar-refractivity contribution in [1.82, 2.24) is 0 Å². The standard InChI is InChI=1S/C21H20N2O3S2/c24-21(20-14-15-8-4-7-13-19(15)27-20)22-17-11-5-6-12-18(17)23-28(25,26)16-9-2-1-3-10-16/h1-3,5-6,9-12,14,23H,4,7-8,13H2,(H,22,24). The van der Waals surface area contributed by atoms with Crippen LogP contribution < -0.4 is 10.0 Å². The molecule has 1 amide bonds. The highest BCUT2D eigenvalue weighted by Crippen LogP contribution is 2.31. The molecule has 1 aliphatic rings. The molecule has 144 valence electrons. The van der Waals surface area contributed by atoms with Crippen LogP contribution in [0.4, 0.5) is 11.4 Å². The van der Waals surface area contributed by atoms with E-state index in [4.69, 9.17) is 0 Å². The number of carbonyl (C=O) groups excluding carboxylic acids is 1. The van der Waals surface area contributed by atoms with Gasteiger partial charge in [-0.1, -0.05) is 30.3 Å². The number of benzene rings is 2. The minimum absolute atomic E-state index is 0.169. The number of carbonyl (C=O) groups is 1. The number of nitrogens with one attached hydrogen (secondary N) is 2. The van der Waals surface area contributed by atoms with Gasteiger partial charge in [0.2, 0.25) is 0 Å². The summed E-state index contributed by atoms with van der Waals surface area (Å²) in [6.07, 6.45) is 4.38. The first-order chi connectivity index (χ1) is 13.5. The predicted octanol–water partition coefficient (Wildman–Crippen LogP) is 4.68. The zero-order chi connectivity index (χ0) is 19.6. The van der Waals surface area contributed by atoms with Gasteiger partial charge in [-0.05, 0) is 61.6 Å². The third-order valence-electron chi connectivity index (χ3n) is 4.69. The van der Waals surface area contributed by atoms with Crippen LogP contribution in [0.25, 0.3) is 0 Å². The van der Waals surface area contributed by atoms with E-state index >= 15 is 0 Å². The van der Waals surface area contributed by atoms with Crippen LogP contribution in [0.3, 0.4) is 0 Å². The minimum Gasteiger partial charge on any atom is -0.319 e. The summed E-state index contributed by atoms with van der Waals surface area (Å²) >= 11 is 1.53. The van der Waals surface area contributed by atoms with Gasteiger partial charge >= 0.3 is 0 Å². The normalized spacial score (nSPS) is 13.6. The van der Waals surface area contributed by atoms with Crippen LogP contribution in [-0.2, 0) is 22.9 Å². The van der Waals surface area contributed by atoms with Gasteiger partial charge in [0.05, 0.1) is 21.1 Å². The second-order valence-electron chi connectivity index (χ2n) is 6.68. The molecule has 1 heterocycles. The average molecular weight is 413 g/mol. The van der Waals surface area contributed by atoms with Crippen molar-refractivity contribution in [1.29, 1.82) is 0 Å². The number of fused-ring (bicyclic) bond motifs is 1. The highest BCUT2D eigenvalue weighted by Gasteiger charge is 2.19. The maximum absolute atomic E-state index is 12.7. The number of hydrogen-bond donors (Lipinski definition) is 2. The maximum atomic E-state index is 12.7.